The smallest absolute Gasteiger partial charge is 0.338 e. The zero-order valence-corrected chi connectivity index (χ0v) is 11.2. The Labute approximate surface area is 113 Å². The zero-order valence-electron chi connectivity index (χ0n) is 10.3. The van der Waals surface area contributed by atoms with Gasteiger partial charge in [-0.1, -0.05) is 0 Å². The third kappa shape index (κ3) is 2.48. The first-order valence-corrected chi connectivity index (χ1v) is 6.51. The lowest BCUT2D eigenvalue weighted by atomic mass is 9.99. The van der Waals surface area contributed by atoms with Crippen molar-refractivity contribution in [3.05, 3.63) is 11.0 Å². The quantitative estimate of drug-likeness (QED) is 0.554. The molecule has 19 heavy (non-hydrogen) atoms. The lowest BCUT2D eigenvalue weighted by Gasteiger charge is -2.46. The molecule has 2 heterocycles. The molecule has 2 aliphatic rings. The molecule has 0 saturated carbocycles. The van der Waals surface area contributed by atoms with E-state index in [4.69, 9.17) is 0 Å². The number of rotatable bonds is 2. The van der Waals surface area contributed by atoms with E-state index in [1.54, 1.807) is 5.41 Å². The molecule has 8 heteroatoms. The van der Waals surface area contributed by atoms with Gasteiger partial charge in [0.1, 0.15) is 0 Å². The molecule has 2 atom stereocenters. The highest BCUT2D eigenvalue weighted by molar-refractivity contribution is 8.02. The summed E-state index contributed by atoms with van der Waals surface area (Å²) >= 11 is 1.33. The maximum absolute atomic E-state index is 11.9. The number of carbonyl (C=O) groups excluding carboxylic acids is 4. The zero-order chi connectivity index (χ0) is 14.2. The van der Waals surface area contributed by atoms with Crippen molar-refractivity contribution >= 4 is 35.3 Å². The van der Waals surface area contributed by atoms with Gasteiger partial charge in [-0.2, -0.15) is 5.48 Å². The van der Waals surface area contributed by atoms with Crippen molar-refractivity contribution in [2.24, 2.45) is 0 Å². The van der Waals surface area contributed by atoms with Gasteiger partial charge in [-0.15, -0.1) is 11.8 Å². The molecular weight excluding hydrogens is 272 g/mol. The molecule has 0 aliphatic carbocycles. The first kappa shape index (κ1) is 13.6. The van der Waals surface area contributed by atoms with Gasteiger partial charge in [-0.05, 0) is 12.3 Å². The van der Waals surface area contributed by atoms with E-state index in [1.807, 2.05) is 5.48 Å². The number of amides is 2. The van der Waals surface area contributed by atoms with Crippen LogP contribution in [0.5, 0.6) is 0 Å². The fraction of sp³-hybridized carbons (Fsp3) is 0.455. The normalized spacial score (nSPS) is 24.8. The number of thioether (sulfide) groups is 1. The highest BCUT2D eigenvalue weighted by atomic mass is 32.2. The van der Waals surface area contributed by atoms with Crippen molar-refractivity contribution in [1.29, 1.82) is 0 Å². The second-order valence-corrected chi connectivity index (χ2v) is 5.26. The summed E-state index contributed by atoms with van der Waals surface area (Å²) in [5, 5.41) is 1.43. The summed E-state index contributed by atoms with van der Waals surface area (Å²) in [5.74, 6) is -1.90. The van der Waals surface area contributed by atoms with Gasteiger partial charge in [0.2, 0.25) is 11.8 Å². The first-order valence-electron chi connectivity index (χ1n) is 5.56. The summed E-state index contributed by atoms with van der Waals surface area (Å²) < 4.78 is 0. The summed E-state index contributed by atoms with van der Waals surface area (Å²) in [4.78, 5) is 51.6. The maximum atomic E-state index is 11.9. The van der Waals surface area contributed by atoms with Crippen molar-refractivity contribution in [2.45, 2.75) is 31.7 Å². The number of hydrogen-bond donors (Lipinski definition) is 1. The summed E-state index contributed by atoms with van der Waals surface area (Å²) in [7, 11) is 0. The van der Waals surface area contributed by atoms with Crippen LogP contribution < -0.4 is 5.48 Å². The van der Waals surface area contributed by atoms with Crippen molar-refractivity contribution in [3.63, 3.8) is 0 Å². The molecule has 7 nitrogen and oxygen atoms in total. The molecule has 1 saturated heterocycles. The lowest BCUT2D eigenvalue weighted by molar-refractivity contribution is -0.168. The molecule has 0 radical (unpaired) electrons. The van der Waals surface area contributed by atoms with Crippen LogP contribution in [0.1, 0.15) is 20.3 Å². The van der Waals surface area contributed by atoms with Crippen LogP contribution in [0.4, 0.5) is 0 Å². The molecule has 0 spiro atoms. The molecule has 0 aromatic heterocycles. The third-order valence-corrected chi connectivity index (χ3v) is 3.90. The Morgan fingerprint density at radius 1 is 1.42 bits per heavy atom. The number of nitrogens with zero attached hydrogens (tertiary/aromatic N) is 1. The van der Waals surface area contributed by atoms with Crippen LogP contribution >= 0.6 is 11.8 Å². The summed E-state index contributed by atoms with van der Waals surface area (Å²) in [6.07, 6.45) is 0.330. The van der Waals surface area contributed by atoms with Crippen LogP contribution in [0.25, 0.3) is 0 Å². The molecule has 0 bridgehead atoms. The molecule has 102 valence electrons. The van der Waals surface area contributed by atoms with Gasteiger partial charge in [0.15, 0.2) is 11.8 Å². The van der Waals surface area contributed by atoms with Gasteiger partial charge in [0.25, 0.3) is 0 Å². The number of ketones is 1. The standard InChI is InChI=1S/C11H12N2O5S/c1-5(14)7-4-19-9-3-8(16)13(9)10(7)11(17)18-12-6(2)15/h4,9-10H,3H2,1-2H3,(H,12,15)/t9-,10?/m0/s1. The fourth-order valence-corrected chi connectivity index (χ4v) is 3.09. The van der Waals surface area contributed by atoms with E-state index in [0.29, 0.717) is 6.42 Å². The first-order chi connectivity index (χ1) is 8.91. The Morgan fingerprint density at radius 2 is 2.11 bits per heavy atom. The van der Waals surface area contributed by atoms with Crippen LogP contribution in [-0.4, -0.2) is 39.9 Å². The summed E-state index contributed by atoms with van der Waals surface area (Å²) in [5.41, 5.74) is 2.10. The second kappa shape index (κ2) is 5.04. The average molecular weight is 284 g/mol. The number of β-lactam (4-membered cyclic amide) rings is 1. The number of nitrogens with one attached hydrogen (secondary N) is 1. The Morgan fingerprint density at radius 3 is 2.63 bits per heavy atom. The Bertz CT molecular complexity index is 501. The topological polar surface area (TPSA) is 92.8 Å². The van der Waals surface area contributed by atoms with Crippen molar-refractivity contribution in [1.82, 2.24) is 10.4 Å². The van der Waals surface area contributed by atoms with Gasteiger partial charge in [0, 0.05) is 12.5 Å². The van der Waals surface area contributed by atoms with Crippen LogP contribution in [0, 0.1) is 0 Å². The average Bonchev–Trinajstić information content (AvgIpc) is 2.33. The molecule has 2 aliphatic heterocycles. The summed E-state index contributed by atoms with van der Waals surface area (Å²) in [6, 6.07) is -1.07. The molecule has 1 N–H and O–H groups in total. The Balaban J connectivity index is 2.21. The largest absolute Gasteiger partial charge is 0.359 e. The highest BCUT2D eigenvalue weighted by Crippen LogP contribution is 2.39. The monoisotopic (exact) mass is 284 g/mol. The molecule has 0 aromatic carbocycles. The Kier molecular flexibility index (Phi) is 3.61. The van der Waals surface area contributed by atoms with E-state index in [-0.39, 0.29) is 22.6 Å². The van der Waals surface area contributed by atoms with Crippen LogP contribution in [0.2, 0.25) is 0 Å². The number of carbonyl (C=O) groups is 4. The number of hydroxylamine groups is 1. The van der Waals surface area contributed by atoms with Crippen molar-refractivity contribution in [2.75, 3.05) is 0 Å². The second-order valence-electron chi connectivity index (χ2n) is 4.21. The number of fused-ring (bicyclic) bond motifs is 1. The van der Waals surface area contributed by atoms with Gasteiger partial charge >= 0.3 is 5.97 Å². The minimum Gasteiger partial charge on any atom is -0.338 e. The van der Waals surface area contributed by atoms with Gasteiger partial charge in [-0.25, -0.2) is 4.79 Å². The molecule has 1 fully saturated rings. The lowest BCUT2D eigenvalue weighted by Crippen LogP contribution is -2.61. The molecule has 2 rings (SSSR count). The predicted molar refractivity (Wildman–Crippen MR) is 65.3 cm³/mol. The molecule has 0 aromatic rings. The van der Waals surface area contributed by atoms with Crippen molar-refractivity contribution in [3.8, 4) is 0 Å². The van der Waals surface area contributed by atoms with Gasteiger partial charge < -0.3 is 9.74 Å². The van der Waals surface area contributed by atoms with Crippen LogP contribution in [-0.2, 0) is 24.0 Å². The van der Waals surface area contributed by atoms with E-state index in [2.05, 4.69) is 4.84 Å². The number of Topliss-reactive ketones (excluding diaryl/α,β-unsaturated/α-hetero) is 1. The Hall–Kier alpha value is -1.83. The van der Waals surface area contributed by atoms with E-state index >= 15 is 0 Å². The summed E-state index contributed by atoms with van der Waals surface area (Å²) in [6.45, 7) is 2.50. The van der Waals surface area contributed by atoms with E-state index < -0.39 is 17.9 Å². The fourth-order valence-electron chi connectivity index (χ4n) is 1.89. The predicted octanol–water partition coefficient (Wildman–Crippen LogP) is -0.273. The minimum absolute atomic E-state index is 0.148. The van der Waals surface area contributed by atoms with Crippen molar-refractivity contribution < 1.29 is 24.0 Å². The van der Waals surface area contributed by atoms with Crippen LogP contribution in [0.3, 0.4) is 0 Å². The SMILES string of the molecule is CC(=O)NOC(=O)C1C(C(C)=O)=CS[C@H]2CC(=O)N12. The van der Waals surface area contributed by atoms with E-state index in [9.17, 15) is 19.2 Å². The minimum atomic E-state index is -1.07. The van der Waals surface area contributed by atoms with Crippen LogP contribution in [0.15, 0.2) is 11.0 Å². The molecular formula is C11H12N2O5S. The molecule has 2 amide bonds. The van der Waals surface area contributed by atoms with Gasteiger partial charge in [0.05, 0.1) is 11.8 Å². The van der Waals surface area contributed by atoms with Gasteiger partial charge in [-0.3, -0.25) is 14.4 Å². The third-order valence-electron chi connectivity index (χ3n) is 2.80. The highest BCUT2D eigenvalue weighted by Gasteiger charge is 2.49. The van der Waals surface area contributed by atoms with E-state index in [1.165, 1.54) is 30.5 Å². The number of hydrogen-bond acceptors (Lipinski definition) is 6. The molecule has 1 unspecified atom stereocenters. The maximum Gasteiger partial charge on any atom is 0.359 e. The van der Waals surface area contributed by atoms with E-state index in [0.717, 1.165) is 0 Å².